The normalized spacial score (nSPS) is 10.0. The van der Waals surface area contributed by atoms with E-state index < -0.39 is 0 Å². The lowest BCUT2D eigenvalue weighted by molar-refractivity contribution is 0.0934. The van der Waals surface area contributed by atoms with Gasteiger partial charge in [-0.2, -0.15) is 0 Å². The van der Waals surface area contributed by atoms with Crippen molar-refractivity contribution >= 4 is 17.5 Å². The highest BCUT2D eigenvalue weighted by atomic mass is 35.5. The highest BCUT2D eigenvalue weighted by Crippen LogP contribution is 2.21. The van der Waals surface area contributed by atoms with Gasteiger partial charge in [-0.05, 0) is 18.2 Å². The van der Waals surface area contributed by atoms with Crippen molar-refractivity contribution in [3.05, 3.63) is 28.8 Å². The van der Waals surface area contributed by atoms with E-state index in [-0.39, 0.29) is 17.2 Å². The van der Waals surface area contributed by atoms with Crippen LogP contribution >= 0.6 is 11.6 Å². The third-order valence-electron chi connectivity index (χ3n) is 1.80. The van der Waals surface area contributed by atoms with Crippen molar-refractivity contribution in [3.63, 3.8) is 0 Å². The Morgan fingerprint density at radius 3 is 2.93 bits per heavy atom. The molecule has 1 amide bonds. The van der Waals surface area contributed by atoms with Crippen LogP contribution in [-0.4, -0.2) is 31.3 Å². The van der Waals surface area contributed by atoms with E-state index in [9.17, 15) is 9.90 Å². The summed E-state index contributed by atoms with van der Waals surface area (Å²) in [6.45, 7) is 0.831. The van der Waals surface area contributed by atoms with Gasteiger partial charge in [0.15, 0.2) is 0 Å². The summed E-state index contributed by atoms with van der Waals surface area (Å²) in [5, 5.41) is 12.4. The summed E-state index contributed by atoms with van der Waals surface area (Å²) in [5.41, 5.74) is 0.204. The van der Waals surface area contributed by atoms with Crippen LogP contribution in [0.3, 0.4) is 0 Å². The molecule has 2 N–H and O–H groups in total. The molecule has 0 radical (unpaired) electrons. The van der Waals surface area contributed by atoms with Crippen LogP contribution in [-0.2, 0) is 4.74 Å². The highest BCUT2D eigenvalue weighted by Gasteiger charge is 2.10. The number of carbonyl (C=O) groups is 1. The molecule has 0 saturated heterocycles. The first-order valence-corrected chi connectivity index (χ1v) is 4.78. The minimum atomic E-state index is -0.346. The van der Waals surface area contributed by atoms with Crippen molar-refractivity contribution in [2.75, 3.05) is 20.3 Å². The largest absolute Gasteiger partial charge is 0.507 e. The molecule has 0 saturated carbocycles. The Morgan fingerprint density at radius 1 is 1.60 bits per heavy atom. The van der Waals surface area contributed by atoms with Crippen LogP contribution in [0.1, 0.15) is 10.4 Å². The number of carbonyl (C=O) groups excluding carboxylic acids is 1. The van der Waals surface area contributed by atoms with Gasteiger partial charge in [-0.3, -0.25) is 4.79 Å². The van der Waals surface area contributed by atoms with Crippen molar-refractivity contribution in [2.45, 2.75) is 0 Å². The number of hydrogen-bond acceptors (Lipinski definition) is 3. The number of hydrogen-bond donors (Lipinski definition) is 2. The van der Waals surface area contributed by atoms with Gasteiger partial charge >= 0.3 is 0 Å². The molecule has 15 heavy (non-hydrogen) atoms. The molecule has 0 unspecified atom stereocenters. The maximum absolute atomic E-state index is 11.5. The van der Waals surface area contributed by atoms with Gasteiger partial charge in [-0.25, -0.2) is 0 Å². The summed E-state index contributed by atoms with van der Waals surface area (Å²) in [5.74, 6) is -0.473. The topological polar surface area (TPSA) is 58.6 Å². The lowest BCUT2D eigenvalue weighted by Gasteiger charge is -2.06. The molecule has 1 aromatic rings. The van der Waals surface area contributed by atoms with Gasteiger partial charge in [0.25, 0.3) is 5.91 Å². The van der Waals surface area contributed by atoms with E-state index in [1.807, 2.05) is 0 Å². The first-order chi connectivity index (χ1) is 7.15. The summed E-state index contributed by atoms with van der Waals surface area (Å²) in [6, 6.07) is 4.35. The second kappa shape index (κ2) is 5.58. The molecule has 0 bridgehead atoms. The maximum Gasteiger partial charge on any atom is 0.255 e. The smallest absolute Gasteiger partial charge is 0.255 e. The number of halogens is 1. The summed E-state index contributed by atoms with van der Waals surface area (Å²) >= 11 is 5.64. The Morgan fingerprint density at radius 2 is 2.33 bits per heavy atom. The number of benzene rings is 1. The molecule has 82 valence electrons. The number of amides is 1. The standard InChI is InChI=1S/C10H12ClNO3/c1-15-5-4-12-10(14)8-3-2-7(11)6-9(8)13/h2-3,6,13H,4-5H2,1H3,(H,12,14). The van der Waals surface area contributed by atoms with Gasteiger partial charge in [0.05, 0.1) is 12.2 Å². The molecule has 0 aliphatic carbocycles. The third-order valence-corrected chi connectivity index (χ3v) is 2.03. The second-order valence-electron chi connectivity index (χ2n) is 2.91. The van der Waals surface area contributed by atoms with E-state index in [2.05, 4.69) is 5.32 Å². The first kappa shape index (κ1) is 11.8. The number of ether oxygens (including phenoxy) is 1. The number of methoxy groups -OCH3 is 1. The SMILES string of the molecule is COCCNC(=O)c1ccc(Cl)cc1O. The quantitative estimate of drug-likeness (QED) is 0.768. The number of nitrogens with one attached hydrogen (secondary N) is 1. The number of phenols is 1. The van der Waals surface area contributed by atoms with Gasteiger partial charge in [0.1, 0.15) is 5.75 Å². The Kier molecular flexibility index (Phi) is 4.39. The molecular formula is C10H12ClNO3. The second-order valence-corrected chi connectivity index (χ2v) is 3.35. The Bertz CT molecular complexity index is 355. The zero-order chi connectivity index (χ0) is 11.3. The molecule has 1 aromatic carbocycles. The van der Waals surface area contributed by atoms with E-state index in [4.69, 9.17) is 16.3 Å². The fourth-order valence-corrected chi connectivity index (χ4v) is 1.22. The zero-order valence-corrected chi connectivity index (χ0v) is 9.04. The lowest BCUT2D eigenvalue weighted by Crippen LogP contribution is -2.26. The van der Waals surface area contributed by atoms with E-state index >= 15 is 0 Å². The van der Waals surface area contributed by atoms with Gasteiger partial charge in [0, 0.05) is 18.7 Å². The minimum absolute atomic E-state index is 0.127. The van der Waals surface area contributed by atoms with Gasteiger partial charge in [-0.1, -0.05) is 11.6 Å². The molecule has 0 spiro atoms. The van der Waals surface area contributed by atoms with Crippen molar-refractivity contribution in [2.24, 2.45) is 0 Å². The molecule has 0 atom stereocenters. The number of phenolic OH excluding ortho intramolecular Hbond substituents is 1. The van der Waals surface area contributed by atoms with Gasteiger partial charge in [0.2, 0.25) is 0 Å². The van der Waals surface area contributed by atoms with Crippen LogP contribution in [0.4, 0.5) is 0 Å². The van der Waals surface area contributed by atoms with Gasteiger partial charge < -0.3 is 15.2 Å². The monoisotopic (exact) mass is 229 g/mol. The molecular weight excluding hydrogens is 218 g/mol. The molecule has 4 nitrogen and oxygen atoms in total. The zero-order valence-electron chi connectivity index (χ0n) is 8.29. The molecule has 0 aliphatic heterocycles. The van der Waals surface area contributed by atoms with Crippen molar-refractivity contribution in [3.8, 4) is 5.75 Å². The Balaban J connectivity index is 2.65. The van der Waals surface area contributed by atoms with Crippen LogP contribution in [0.15, 0.2) is 18.2 Å². The average Bonchev–Trinajstić information content (AvgIpc) is 2.17. The van der Waals surface area contributed by atoms with Crippen LogP contribution in [0.5, 0.6) is 5.75 Å². The molecule has 0 aromatic heterocycles. The summed E-state index contributed by atoms with van der Waals surface area (Å²) < 4.78 is 4.78. The van der Waals surface area contributed by atoms with Crippen molar-refractivity contribution < 1.29 is 14.6 Å². The minimum Gasteiger partial charge on any atom is -0.507 e. The lowest BCUT2D eigenvalue weighted by atomic mass is 10.2. The fourth-order valence-electron chi connectivity index (χ4n) is 1.06. The molecule has 0 fully saturated rings. The Hall–Kier alpha value is -1.26. The van der Waals surface area contributed by atoms with Crippen molar-refractivity contribution in [1.82, 2.24) is 5.32 Å². The third kappa shape index (κ3) is 3.42. The van der Waals surface area contributed by atoms with Crippen LogP contribution < -0.4 is 5.32 Å². The molecule has 1 rings (SSSR count). The summed E-state index contributed by atoms with van der Waals surface area (Å²) in [6.07, 6.45) is 0. The van der Waals surface area contributed by atoms with E-state index in [1.54, 1.807) is 13.2 Å². The van der Waals surface area contributed by atoms with E-state index in [0.29, 0.717) is 18.2 Å². The number of rotatable bonds is 4. The van der Waals surface area contributed by atoms with E-state index in [1.165, 1.54) is 12.1 Å². The maximum atomic E-state index is 11.5. The fraction of sp³-hybridized carbons (Fsp3) is 0.300. The average molecular weight is 230 g/mol. The Labute approximate surface area is 92.8 Å². The van der Waals surface area contributed by atoms with Crippen LogP contribution in [0.25, 0.3) is 0 Å². The predicted molar refractivity (Wildman–Crippen MR) is 57.3 cm³/mol. The molecule has 0 heterocycles. The first-order valence-electron chi connectivity index (χ1n) is 4.41. The highest BCUT2D eigenvalue weighted by molar-refractivity contribution is 6.30. The van der Waals surface area contributed by atoms with Crippen molar-refractivity contribution in [1.29, 1.82) is 0 Å². The van der Waals surface area contributed by atoms with E-state index in [0.717, 1.165) is 0 Å². The number of aromatic hydroxyl groups is 1. The summed E-state index contributed by atoms with van der Waals surface area (Å²) in [4.78, 5) is 11.5. The van der Waals surface area contributed by atoms with Crippen LogP contribution in [0, 0.1) is 0 Å². The molecule has 0 aliphatic rings. The summed E-state index contributed by atoms with van der Waals surface area (Å²) in [7, 11) is 1.55. The van der Waals surface area contributed by atoms with Crippen LogP contribution in [0.2, 0.25) is 5.02 Å². The predicted octanol–water partition coefficient (Wildman–Crippen LogP) is 1.42. The van der Waals surface area contributed by atoms with Gasteiger partial charge in [-0.15, -0.1) is 0 Å². The molecule has 5 heteroatoms.